The Hall–Kier alpha value is -0.974. The Morgan fingerprint density at radius 2 is 1.89 bits per heavy atom. The number of hydrogen-bond donors (Lipinski definition) is 1. The lowest BCUT2D eigenvalue weighted by molar-refractivity contribution is 0.306. The van der Waals surface area contributed by atoms with E-state index >= 15 is 0 Å². The van der Waals surface area contributed by atoms with Crippen molar-refractivity contribution in [3.05, 3.63) is 60.2 Å². The Balaban J connectivity index is 1.78. The van der Waals surface area contributed by atoms with Gasteiger partial charge >= 0.3 is 18.2 Å². The lowest BCUT2D eigenvalue weighted by atomic mass is 10.2. The maximum Gasteiger partial charge on any atom is 0.531 e. The summed E-state index contributed by atoms with van der Waals surface area (Å²) in [5.41, 5.74) is 2.36. The summed E-state index contributed by atoms with van der Waals surface area (Å²) in [7, 11) is 0. The summed E-state index contributed by atoms with van der Waals surface area (Å²) in [6.07, 6.45) is 0. The topological polar surface area (TPSA) is 25.0 Å². The lowest BCUT2D eigenvalue weighted by Gasteiger charge is -2.06. The molecule has 4 heteroatoms. The number of aromatic amines is 1. The first-order valence-electron chi connectivity index (χ1n) is 6.19. The van der Waals surface area contributed by atoms with Crippen LogP contribution >= 0.6 is 12.9 Å². The number of fused-ring (bicyclic) bond motifs is 1. The average Bonchev–Trinajstić information content (AvgIpc) is 2.88. The van der Waals surface area contributed by atoms with Crippen LogP contribution in [0.15, 0.2) is 54.6 Å². The van der Waals surface area contributed by atoms with Gasteiger partial charge in [-0.1, -0.05) is 40.2 Å². The smallest absolute Gasteiger partial charge is 0.489 e. The number of hydrogen-bond acceptors (Lipinski definition) is 1. The normalized spacial score (nSPS) is 10.4. The van der Waals surface area contributed by atoms with Crippen molar-refractivity contribution in [1.82, 2.24) is 4.98 Å². The highest BCUT2D eigenvalue weighted by molar-refractivity contribution is 9.23. The molecule has 1 heterocycles. The van der Waals surface area contributed by atoms with Crippen molar-refractivity contribution in [2.45, 2.75) is 6.61 Å². The van der Waals surface area contributed by atoms with Crippen LogP contribution in [-0.4, -0.2) is 23.2 Å². The third-order valence-electron chi connectivity index (χ3n) is 3.04. The molecule has 0 aliphatic heterocycles. The van der Waals surface area contributed by atoms with Gasteiger partial charge in [0.1, 0.15) is 12.4 Å². The minimum Gasteiger partial charge on any atom is -0.489 e. The second-order valence-corrected chi connectivity index (χ2v) is 7.16. The van der Waals surface area contributed by atoms with Gasteiger partial charge in [0, 0.05) is 10.9 Å². The molecule has 92 valence electrons. The van der Waals surface area contributed by atoms with Gasteiger partial charge in [-0.2, -0.15) is 0 Å². The van der Waals surface area contributed by atoms with Crippen LogP contribution in [0.5, 0.6) is 5.75 Å². The van der Waals surface area contributed by atoms with Gasteiger partial charge < -0.3 is 9.72 Å². The third-order valence-corrected chi connectivity index (χ3v) is 5.52. The Kier molecular flexibility index (Phi) is 4.11. The quantitative estimate of drug-likeness (QED) is 0.731. The number of aromatic nitrogens is 1. The first kappa shape index (κ1) is 13.0. The average molecular weight is 326 g/mol. The molecule has 3 aromatic rings. The first-order chi connectivity index (χ1) is 9.35. The summed E-state index contributed by atoms with van der Waals surface area (Å²) in [4.78, 5) is 3.41. The van der Waals surface area contributed by atoms with Gasteiger partial charge in [0.15, 0.2) is 0 Å². The number of ether oxygens (including phenoxy) is 1. The molecule has 3 rings (SSSR count). The molecule has 0 bridgehead atoms. The maximum atomic E-state index is 5.83. The first-order valence-corrected chi connectivity index (χ1v) is 10.8. The molecule has 0 fully saturated rings. The van der Waals surface area contributed by atoms with Gasteiger partial charge in [-0.15, -0.1) is 0 Å². The molecule has 1 aromatic heterocycles. The summed E-state index contributed by atoms with van der Waals surface area (Å²) in [5.74, 6) is 0.915. The van der Waals surface area contributed by atoms with Crippen LogP contribution in [0.2, 0.25) is 0 Å². The summed E-state index contributed by atoms with van der Waals surface area (Å²) in [6, 6.07) is 18.6. The van der Waals surface area contributed by atoms with E-state index in [2.05, 4.69) is 48.2 Å². The van der Waals surface area contributed by atoms with Crippen molar-refractivity contribution >= 4 is 45.8 Å². The van der Waals surface area contributed by atoms with Crippen LogP contribution < -0.4 is 8.56 Å². The van der Waals surface area contributed by atoms with Crippen molar-refractivity contribution in [2.24, 2.45) is 0 Å². The van der Waals surface area contributed by atoms with Gasteiger partial charge in [-0.3, -0.25) is 12.9 Å². The van der Waals surface area contributed by atoms with Crippen molar-refractivity contribution in [3.8, 4) is 5.75 Å². The molecule has 2 nitrogen and oxygen atoms in total. The van der Waals surface area contributed by atoms with Crippen LogP contribution in [0.4, 0.5) is 0 Å². The Morgan fingerprint density at radius 1 is 1.05 bits per heavy atom. The van der Waals surface area contributed by atoms with Crippen molar-refractivity contribution in [1.29, 1.82) is 0 Å². The fourth-order valence-electron chi connectivity index (χ4n) is 2.07. The van der Waals surface area contributed by atoms with Crippen LogP contribution in [0.1, 0.15) is 5.56 Å². The van der Waals surface area contributed by atoms with E-state index in [0.717, 1.165) is 5.75 Å². The predicted molar refractivity (Wildman–Crippen MR) is 83.4 cm³/mol. The van der Waals surface area contributed by atoms with Gasteiger partial charge in [-0.05, 0) is 23.8 Å². The summed E-state index contributed by atoms with van der Waals surface area (Å²) < 4.78 is 7.14. The van der Waals surface area contributed by atoms with Crippen LogP contribution in [-0.2, 0) is 6.61 Å². The van der Waals surface area contributed by atoms with E-state index < -0.39 is 0 Å². The predicted octanol–water partition coefficient (Wildman–Crippen LogP) is 3.39. The molecule has 19 heavy (non-hydrogen) atoms. The minimum absolute atomic E-state index is 0.317. The molecular formula is C15H12BrMgNO. The number of benzene rings is 2. The lowest BCUT2D eigenvalue weighted by Crippen LogP contribution is -2.07. The van der Waals surface area contributed by atoms with Gasteiger partial charge in [0.2, 0.25) is 0 Å². The molecule has 0 saturated carbocycles. The van der Waals surface area contributed by atoms with Crippen LogP contribution in [0.3, 0.4) is 0 Å². The Bertz CT molecular complexity index is 681. The standard InChI is InChI=1S/C15H12NO.BrH.Mg/c1-2-4-12(5-3-1)11-17-14-6-7-15-13(10-14)8-9-16-15;;/h1-8,10,16H,11H2;1H;/q;;+1/p-1. The molecule has 0 saturated heterocycles. The van der Waals surface area contributed by atoms with Gasteiger partial charge in [0.25, 0.3) is 0 Å². The zero-order valence-electron chi connectivity index (χ0n) is 10.4. The molecule has 1 N–H and O–H groups in total. The second-order valence-electron chi connectivity index (χ2n) is 4.45. The second kappa shape index (κ2) is 5.99. The summed E-state index contributed by atoms with van der Waals surface area (Å²) in [5, 5.41) is 1.22. The van der Waals surface area contributed by atoms with Crippen LogP contribution in [0.25, 0.3) is 10.9 Å². The Morgan fingerprint density at radius 3 is 2.68 bits per heavy atom. The number of H-pyrrole nitrogens is 1. The van der Waals surface area contributed by atoms with E-state index in [1.54, 1.807) is 0 Å². The van der Waals surface area contributed by atoms with Crippen molar-refractivity contribution in [2.75, 3.05) is 0 Å². The Labute approximate surface area is 127 Å². The zero-order chi connectivity index (χ0) is 13.1. The largest absolute Gasteiger partial charge is 0.531 e. The molecule has 0 aliphatic carbocycles. The van der Waals surface area contributed by atoms with E-state index in [1.165, 1.54) is 20.3 Å². The molecule has 0 unspecified atom stereocenters. The number of halogens is 1. The highest BCUT2D eigenvalue weighted by Gasteiger charge is 2.03. The maximum absolute atomic E-state index is 5.83. The number of nitrogens with one attached hydrogen (secondary N) is 1. The van der Waals surface area contributed by atoms with Crippen molar-refractivity contribution in [3.63, 3.8) is 0 Å². The molecule has 0 aliphatic rings. The molecule has 0 amide bonds. The molecular weight excluding hydrogens is 314 g/mol. The zero-order valence-corrected chi connectivity index (χ0v) is 13.4. The SMILES string of the molecule is [Br][Mg][c]1cc2cc(OCc3ccccc3)ccc2[nH]1. The molecule has 0 atom stereocenters. The molecule has 2 aromatic carbocycles. The highest BCUT2D eigenvalue weighted by atomic mass is 79.9. The van der Waals surface area contributed by atoms with E-state index in [0.29, 0.717) is 6.61 Å². The van der Waals surface area contributed by atoms with E-state index in [1.807, 2.05) is 24.3 Å². The number of rotatable bonds is 4. The summed E-state index contributed by atoms with van der Waals surface area (Å²) in [6.45, 7) is 0.608. The van der Waals surface area contributed by atoms with E-state index in [-0.39, 0.29) is 18.2 Å². The third kappa shape index (κ3) is 3.13. The van der Waals surface area contributed by atoms with Crippen LogP contribution in [0, 0.1) is 0 Å². The minimum atomic E-state index is -0.317. The fraction of sp³-hybridized carbons (Fsp3) is 0.0667. The molecule has 0 radical (unpaired) electrons. The van der Waals surface area contributed by atoms with E-state index in [4.69, 9.17) is 4.74 Å². The summed E-state index contributed by atoms with van der Waals surface area (Å²) >= 11 is 3.27. The van der Waals surface area contributed by atoms with Gasteiger partial charge in [-0.25, -0.2) is 0 Å². The monoisotopic (exact) mass is 325 g/mol. The molecule has 0 spiro atoms. The fourth-order valence-corrected chi connectivity index (χ4v) is 3.53. The van der Waals surface area contributed by atoms with Gasteiger partial charge in [0.05, 0.1) is 0 Å². The van der Waals surface area contributed by atoms with Crippen molar-refractivity contribution < 1.29 is 4.74 Å². The van der Waals surface area contributed by atoms with E-state index in [9.17, 15) is 0 Å². The highest BCUT2D eigenvalue weighted by Crippen LogP contribution is 2.20.